The van der Waals surface area contributed by atoms with Crippen LogP contribution >= 0.6 is 11.6 Å². The summed E-state index contributed by atoms with van der Waals surface area (Å²) in [6.07, 6.45) is -0.514. The molecule has 0 aromatic heterocycles. The highest BCUT2D eigenvalue weighted by Gasteiger charge is 2.19. The van der Waals surface area contributed by atoms with Crippen molar-refractivity contribution in [2.75, 3.05) is 5.32 Å². The maximum atomic E-state index is 12.2. The molecule has 0 aliphatic carbocycles. The number of rotatable bonds is 2. The summed E-state index contributed by atoms with van der Waals surface area (Å²) in [5.74, 6) is 0.474. The van der Waals surface area contributed by atoms with Crippen LogP contribution in [0, 0.1) is 20.8 Å². The van der Waals surface area contributed by atoms with Gasteiger partial charge in [-0.3, -0.25) is 5.32 Å². The predicted molar refractivity (Wildman–Crippen MR) is 100 cm³/mol. The first-order valence-corrected chi connectivity index (χ1v) is 8.32. The van der Waals surface area contributed by atoms with Gasteiger partial charge in [-0.2, -0.15) is 0 Å². The number of benzene rings is 2. The van der Waals surface area contributed by atoms with E-state index in [9.17, 15) is 4.79 Å². The molecule has 2 rings (SSSR count). The summed E-state index contributed by atoms with van der Waals surface area (Å²) in [6.45, 7) is 12.3. The van der Waals surface area contributed by atoms with Gasteiger partial charge >= 0.3 is 6.09 Å². The van der Waals surface area contributed by atoms with Crippen molar-refractivity contribution in [2.24, 2.45) is 0 Å². The van der Waals surface area contributed by atoms with Crippen LogP contribution in [0.2, 0.25) is 5.02 Å². The van der Waals surface area contributed by atoms with Crippen LogP contribution in [-0.2, 0) is 5.41 Å². The quantitative estimate of drug-likeness (QED) is 0.706. The smallest absolute Gasteiger partial charge is 0.410 e. The van der Waals surface area contributed by atoms with Crippen LogP contribution in [0.5, 0.6) is 5.75 Å². The van der Waals surface area contributed by atoms with Gasteiger partial charge in [-0.05, 0) is 78.8 Å². The molecular formula is C20H24ClNO2. The van der Waals surface area contributed by atoms with Crippen molar-refractivity contribution in [3.63, 3.8) is 0 Å². The number of ether oxygens (including phenoxy) is 1. The van der Waals surface area contributed by atoms with Gasteiger partial charge in [-0.25, -0.2) is 4.79 Å². The summed E-state index contributed by atoms with van der Waals surface area (Å²) >= 11 is 6.24. The second kappa shape index (κ2) is 6.86. The molecule has 0 fully saturated rings. The van der Waals surface area contributed by atoms with Crippen molar-refractivity contribution < 1.29 is 9.53 Å². The summed E-state index contributed by atoms with van der Waals surface area (Å²) in [4.78, 5) is 12.2. The molecule has 128 valence electrons. The van der Waals surface area contributed by atoms with Gasteiger partial charge in [0, 0.05) is 10.7 Å². The van der Waals surface area contributed by atoms with E-state index in [1.165, 1.54) is 5.56 Å². The number of amides is 1. The molecule has 0 radical (unpaired) electrons. The average Bonchev–Trinajstić information content (AvgIpc) is 2.45. The zero-order valence-electron chi connectivity index (χ0n) is 15.1. The minimum absolute atomic E-state index is 0.127. The molecule has 1 N–H and O–H groups in total. The fourth-order valence-electron chi connectivity index (χ4n) is 2.50. The number of anilines is 1. The van der Waals surface area contributed by atoms with Crippen LogP contribution in [0.4, 0.5) is 10.5 Å². The molecule has 4 heteroatoms. The van der Waals surface area contributed by atoms with Gasteiger partial charge in [0.25, 0.3) is 0 Å². The number of hydrogen-bond donors (Lipinski definition) is 1. The highest BCUT2D eigenvalue weighted by atomic mass is 35.5. The lowest BCUT2D eigenvalue weighted by molar-refractivity contribution is 0.215. The van der Waals surface area contributed by atoms with Crippen molar-refractivity contribution >= 4 is 23.4 Å². The maximum Gasteiger partial charge on any atom is 0.417 e. The minimum Gasteiger partial charge on any atom is -0.410 e. The first-order chi connectivity index (χ1) is 11.1. The molecule has 2 aromatic rings. The lowest BCUT2D eigenvalue weighted by Gasteiger charge is -2.21. The molecule has 0 bridgehead atoms. The van der Waals surface area contributed by atoms with Gasteiger partial charge in [0.2, 0.25) is 0 Å². The Morgan fingerprint density at radius 1 is 1.04 bits per heavy atom. The van der Waals surface area contributed by atoms with Gasteiger partial charge in [0.15, 0.2) is 0 Å². The van der Waals surface area contributed by atoms with Crippen LogP contribution < -0.4 is 10.1 Å². The standard InChI is InChI=1S/C20H24ClNO2/c1-12-9-15(10-13(2)14(12)3)22-19(23)24-16-7-8-18(21)17(11-16)20(4,5)6/h7-11H,1-6H3,(H,22,23). The second-order valence-electron chi connectivity index (χ2n) is 7.14. The Bertz CT molecular complexity index is 753. The lowest BCUT2D eigenvalue weighted by atomic mass is 9.87. The molecular weight excluding hydrogens is 322 g/mol. The third-order valence-electron chi connectivity index (χ3n) is 4.13. The van der Waals surface area contributed by atoms with Crippen molar-refractivity contribution in [3.8, 4) is 5.75 Å². The summed E-state index contributed by atoms with van der Waals surface area (Å²) in [6, 6.07) is 9.14. The first kappa shape index (κ1) is 18.3. The van der Waals surface area contributed by atoms with Crippen LogP contribution in [0.15, 0.2) is 30.3 Å². The predicted octanol–water partition coefficient (Wildman–Crippen LogP) is 6.17. The minimum atomic E-state index is -0.514. The molecule has 0 saturated carbocycles. The normalized spacial score (nSPS) is 11.3. The number of nitrogens with one attached hydrogen (secondary N) is 1. The maximum absolute atomic E-state index is 12.2. The molecule has 0 atom stereocenters. The molecule has 2 aromatic carbocycles. The van der Waals surface area contributed by atoms with E-state index < -0.39 is 6.09 Å². The van der Waals surface area contributed by atoms with E-state index in [2.05, 4.69) is 33.0 Å². The zero-order valence-corrected chi connectivity index (χ0v) is 15.8. The van der Waals surface area contributed by atoms with Crippen LogP contribution in [0.1, 0.15) is 43.0 Å². The molecule has 0 spiro atoms. The summed E-state index contributed by atoms with van der Waals surface area (Å²) in [7, 11) is 0. The number of halogens is 1. The van der Waals surface area contributed by atoms with E-state index in [1.54, 1.807) is 12.1 Å². The third-order valence-corrected chi connectivity index (χ3v) is 4.46. The van der Waals surface area contributed by atoms with Crippen molar-refractivity contribution in [3.05, 3.63) is 57.6 Å². The third kappa shape index (κ3) is 4.30. The van der Waals surface area contributed by atoms with Crippen molar-refractivity contribution in [1.29, 1.82) is 0 Å². The number of carbonyl (C=O) groups excluding carboxylic acids is 1. The molecule has 1 amide bonds. The van der Waals surface area contributed by atoms with E-state index in [0.29, 0.717) is 10.8 Å². The molecule has 3 nitrogen and oxygen atoms in total. The number of hydrogen-bond acceptors (Lipinski definition) is 2. The fraction of sp³-hybridized carbons (Fsp3) is 0.350. The molecule has 0 saturated heterocycles. The van der Waals surface area contributed by atoms with Gasteiger partial charge in [0.05, 0.1) is 0 Å². The van der Waals surface area contributed by atoms with Crippen LogP contribution in [-0.4, -0.2) is 6.09 Å². The number of aryl methyl sites for hydroxylation is 2. The Kier molecular flexibility index (Phi) is 5.24. The Labute approximate surface area is 149 Å². The average molecular weight is 346 g/mol. The highest BCUT2D eigenvalue weighted by molar-refractivity contribution is 6.31. The zero-order chi connectivity index (χ0) is 18.1. The van der Waals surface area contributed by atoms with Crippen LogP contribution in [0.25, 0.3) is 0 Å². The van der Waals surface area contributed by atoms with Crippen LogP contribution in [0.3, 0.4) is 0 Å². The highest BCUT2D eigenvalue weighted by Crippen LogP contribution is 2.32. The van der Waals surface area contributed by atoms with E-state index in [-0.39, 0.29) is 5.41 Å². The molecule has 0 aliphatic rings. The summed E-state index contributed by atoms with van der Waals surface area (Å²) in [5.41, 5.74) is 5.03. The van der Waals surface area contributed by atoms with Gasteiger partial charge < -0.3 is 4.74 Å². The van der Waals surface area contributed by atoms with E-state index in [4.69, 9.17) is 16.3 Å². The van der Waals surface area contributed by atoms with E-state index >= 15 is 0 Å². The Balaban J connectivity index is 2.16. The van der Waals surface area contributed by atoms with E-state index in [1.807, 2.05) is 32.0 Å². The topological polar surface area (TPSA) is 38.3 Å². The lowest BCUT2D eigenvalue weighted by Crippen LogP contribution is -2.18. The SMILES string of the molecule is Cc1cc(NC(=O)Oc2ccc(Cl)c(C(C)(C)C)c2)cc(C)c1C. The Hall–Kier alpha value is -2.00. The van der Waals surface area contributed by atoms with E-state index in [0.717, 1.165) is 22.4 Å². The van der Waals surface area contributed by atoms with Gasteiger partial charge in [-0.15, -0.1) is 0 Å². The molecule has 0 heterocycles. The van der Waals surface area contributed by atoms with Gasteiger partial charge in [-0.1, -0.05) is 32.4 Å². The molecule has 0 aliphatic heterocycles. The van der Waals surface area contributed by atoms with Crippen molar-refractivity contribution in [2.45, 2.75) is 47.0 Å². The summed E-state index contributed by atoms with van der Waals surface area (Å²) < 4.78 is 5.41. The first-order valence-electron chi connectivity index (χ1n) is 7.94. The Morgan fingerprint density at radius 2 is 1.62 bits per heavy atom. The summed E-state index contributed by atoms with van der Waals surface area (Å²) in [5, 5.41) is 3.44. The monoisotopic (exact) mass is 345 g/mol. The molecule has 24 heavy (non-hydrogen) atoms. The fourth-order valence-corrected chi connectivity index (χ4v) is 2.90. The van der Waals surface area contributed by atoms with Crippen molar-refractivity contribution in [1.82, 2.24) is 0 Å². The second-order valence-corrected chi connectivity index (χ2v) is 7.55. The van der Waals surface area contributed by atoms with Gasteiger partial charge in [0.1, 0.15) is 5.75 Å². The largest absolute Gasteiger partial charge is 0.417 e. The number of carbonyl (C=O) groups is 1. The molecule has 0 unspecified atom stereocenters. The Morgan fingerprint density at radius 3 is 2.17 bits per heavy atom.